The molecule has 9 nitrogen and oxygen atoms in total. The summed E-state index contributed by atoms with van der Waals surface area (Å²) in [5, 5.41) is 6.77. The Hall–Kier alpha value is -4.16. The molecule has 0 radical (unpaired) electrons. The Morgan fingerprint density at radius 3 is 2.62 bits per heavy atom. The number of nitrogens with zero attached hydrogens (tertiary/aromatic N) is 3. The first-order valence-corrected chi connectivity index (χ1v) is 13.9. The summed E-state index contributed by atoms with van der Waals surface area (Å²) in [6, 6.07) is 15.7. The Balaban J connectivity index is 1.22. The lowest BCUT2D eigenvalue weighted by atomic mass is 10.2. The Morgan fingerprint density at radius 2 is 1.85 bits per heavy atom. The van der Waals surface area contributed by atoms with E-state index in [2.05, 4.69) is 30.3 Å². The Morgan fingerprint density at radius 1 is 1.00 bits per heavy atom. The average Bonchev–Trinajstić information content (AvgIpc) is 3.46. The summed E-state index contributed by atoms with van der Waals surface area (Å²) >= 11 is 0. The van der Waals surface area contributed by atoms with Gasteiger partial charge >= 0.3 is 0 Å². The van der Waals surface area contributed by atoms with Gasteiger partial charge in [0.15, 0.2) is 11.6 Å². The maximum atomic E-state index is 15.0. The molecule has 2 aromatic heterocycles. The first-order chi connectivity index (χ1) is 18.8. The molecular weight excluding hydrogens is 526 g/mol. The molecule has 2 aromatic carbocycles. The topological polar surface area (TPSA) is 118 Å². The highest BCUT2D eigenvalue weighted by Crippen LogP contribution is 2.48. The van der Waals surface area contributed by atoms with E-state index in [1.54, 1.807) is 54.7 Å². The zero-order valence-electron chi connectivity index (χ0n) is 20.6. The second-order valence-corrected chi connectivity index (χ2v) is 11.3. The van der Waals surface area contributed by atoms with Crippen molar-refractivity contribution in [3.63, 3.8) is 0 Å². The Kier molecular flexibility index (Phi) is 6.35. The second-order valence-electron chi connectivity index (χ2n) is 9.62. The number of sulfonamides is 1. The standard InChI is InChI=1S/C27H24F2N6O3S/c28-23-21(35-39(36,37)15-17-5-2-1-3-6-17)8-9-22(24(23)29)38-25-19(7-4-11-31-25)20-10-12-32-26(33-20)34-27-13-18(27)14-30-16-27/h1-12,18,30,35H,13-16H2,(H,32,33,34). The lowest BCUT2D eigenvalue weighted by molar-refractivity contribution is 0.407. The van der Waals surface area contributed by atoms with Gasteiger partial charge in [-0.05, 0) is 48.2 Å². The van der Waals surface area contributed by atoms with E-state index in [0.717, 1.165) is 31.6 Å². The van der Waals surface area contributed by atoms with Gasteiger partial charge in [-0.1, -0.05) is 30.3 Å². The quantitative estimate of drug-likeness (QED) is 0.282. The van der Waals surface area contributed by atoms with Gasteiger partial charge in [-0.2, -0.15) is 4.39 Å². The predicted molar refractivity (Wildman–Crippen MR) is 142 cm³/mol. The van der Waals surface area contributed by atoms with Crippen molar-refractivity contribution in [1.29, 1.82) is 0 Å². The van der Waals surface area contributed by atoms with Crippen molar-refractivity contribution in [2.75, 3.05) is 23.1 Å². The van der Waals surface area contributed by atoms with Crippen LogP contribution in [0.15, 0.2) is 73.1 Å². The molecule has 0 spiro atoms. The van der Waals surface area contributed by atoms with Gasteiger partial charge in [-0.3, -0.25) is 4.72 Å². The number of benzene rings is 2. The van der Waals surface area contributed by atoms with Crippen molar-refractivity contribution in [1.82, 2.24) is 20.3 Å². The Labute approximate surface area is 223 Å². The molecule has 39 heavy (non-hydrogen) atoms. The molecule has 1 aliphatic heterocycles. The molecule has 2 unspecified atom stereocenters. The van der Waals surface area contributed by atoms with Crippen LogP contribution in [-0.4, -0.2) is 42.0 Å². The fourth-order valence-corrected chi connectivity index (χ4v) is 5.98. The maximum absolute atomic E-state index is 15.0. The van der Waals surface area contributed by atoms with Gasteiger partial charge in [-0.25, -0.2) is 27.8 Å². The zero-order chi connectivity index (χ0) is 27.0. The van der Waals surface area contributed by atoms with Gasteiger partial charge in [0.2, 0.25) is 27.7 Å². The largest absolute Gasteiger partial charge is 0.435 e. The third kappa shape index (κ3) is 5.25. The lowest BCUT2D eigenvalue weighted by Crippen LogP contribution is -2.30. The van der Waals surface area contributed by atoms with Gasteiger partial charge in [0.05, 0.1) is 28.2 Å². The van der Waals surface area contributed by atoms with Gasteiger partial charge in [0, 0.05) is 25.5 Å². The van der Waals surface area contributed by atoms with Crippen molar-refractivity contribution < 1.29 is 21.9 Å². The number of fused-ring (bicyclic) bond motifs is 1. The van der Waals surface area contributed by atoms with Crippen LogP contribution in [0.4, 0.5) is 20.4 Å². The van der Waals surface area contributed by atoms with Crippen LogP contribution in [0, 0.1) is 17.6 Å². The molecule has 2 aliphatic rings. The number of pyridine rings is 1. The number of rotatable bonds is 9. The number of hydrogen-bond donors (Lipinski definition) is 3. The minimum atomic E-state index is -3.99. The molecule has 0 bridgehead atoms. The molecule has 1 saturated carbocycles. The molecule has 0 amide bonds. The monoisotopic (exact) mass is 550 g/mol. The molecule has 2 atom stereocenters. The van der Waals surface area contributed by atoms with E-state index < -0.39 is 38.8 Å². The number of aromatic nitrogens is 3. The highest BCUT2D eigenvalue weighted by Gasteiger charge is 2.57. The molecule has 3 N–H and O–H groups in total. The number of anilines is 2. The van der Waals surface area contributed by atoms with Crippen LogP contribution in [0.25, 0.3) is 11.3 Å². The minimum Gasteiger partial charge on any atom is -0.435 e. The smallest absolute Gasteiger partial charge is 0.237 e. The van der Waals surface area contributed by atoms with Crippen LogP contribution >= 0.6 is 0 Å². The van der Waals surface area contributed by atoms with E-state index in [1.807, 2.05) is 0 Å². The summed E-state index contributed by atoms with van der Waals surface area (Å²) in [5.74, 6) is -2.59. The summed E-state index contributed by atoms with van der Waals surface area (Å²) in [6.07, 6.45) is 4.12. The molecule has 6 rings (SSSR count). The third-order valence-corrected chi connectivity index (χ3v) is 8.09. The zero-order valence-corrected chi connectivity index (χ0v) is 21.4. The molecule has 12 heteroatoms. The summed E-state index contributed by atoms with van der Waals surface area (Å²) in [6.45, 7) is 1.80. The van der Waals surface area contributed by atoms with Crippen LogP contribution in [0.1, 0.15) is 12.0 Å². The minimum absolute atomic E-state index is 0.00264. The summed E-state index contributed by atoms with van der Waals surface area (Å²) in [4.78, 5) is 13.1. The summed E-state index contributed by atoms with van der Waals surface area (Å²) in [5.41, 5.74) is 0.889. The van der Waals surface area contributed by atoms with Crippen molar-refractivity contribution in [2.45, 2.75) is 17.7 Å². The first-order valence-electron chi connectivity index (χ1n) is 12.3. The van der Waals surface area contributed by atoms with E-state index in [1.165, 1.54) is 6.20 Å². The molecule has 1 aliphatic carbocycles. The molecule has 1 saturated heterocycles. The number of halogens is 2. The first kappa shape index (κ1) is 25.1. The maximum Gasteiger partial charge on any atom is 0.237 e. The second kappa shape index (κ2) is 9.86. The van der Waals surface area contributed by atoms with Crippen LogP contribution < -0.4 is 20.1 Å². The molecule has 3 heterocycles. The van der Waals surface area contributed by atoms with Gasteiger partial charge in [0.1, 0.15) is 0 Å². The molecule has 4 aromatic rings. The molecular formula is C27H24F2N6O3S. The fraction of sp³-hybridized carbons (Fsp3) is 0.222. The highest BCUT2D eigenvalue weighted by molar-refractivity contribution is 7.91. The summed E-state index contributed by atoms with van der Waals surface area (Å²) in [7, 11) is -3.99. The van der Waals surface area contributed by atoms with E-state index in [-0.39, 0.29) is 11.4 Å². The summed E-state index contributed by atoms with van der Waals surface area (Å²) < 4.78 is 62.7. The van der Waals surface area contributed by atoms with Crippen molar-refractivity contribution in [3.8, 4) is 22.9 Å². The van der Waals surface area contributed by atoms with E-state index in [9.17, 15) is 12.8 Å². The number of hydrogen-bond acceptors (Lipinski definition) is 8. The van der Waals surface area contributed by atoms with Crippen LogP contribution in [0.2, 0.25) is 0 Å². The number of nitrogens with one attached hydrogen (secondary N) is 3. The van der Waals surface area contributed by atoms with Crippen molar-refractivity contribution >= 4 is 21.7 Å². The molecule has 200 valence electrons. The normalized spacial score (nSPS) is 19.8. The SMILES string of the molecule is O=S(=O)(Cc1ccccc1)Nc1ccc(Oc2ncccc2-c2ccnc(NC34CNCC3C4)n2)c(F)c1F. The number of ether oxygens (including phenoxy) is 1. The van der Waals surface area contributed by atoms with Crippen LogP contribution in [-0.2, 0) is 15.8 Å². The third-order valence-electron chi connectivity index (χ3n) is 6.85. The van der Waals surface area contributed by atoms with Gasteiger partial charge in [0.25, 0.3) is 0 Å². The van der Waals surface area contributed by atoms with Gasteiger partial charge < -0.3 is 15.4 Å². The van der Waals surface area contributed by atoms with E-state index in [4.69, 9.17) is 4.74 Å². The van der Waals surface area contributed by atoms with Crippen molar-refractivity contribution in [3.05, 3.63) is 90.3 Å². The lowest BCUT2D eigenvalue weighted by Gasteiger charge is -2.15. The number of piperidine rings is 1. The van der Waals surface area contributed by atoms with Gasteiger partial charge in [-0.15, -0.1) is 0 Å². The average molecular weight is 551 g/mol. The van der Waals surface area contributed by atoms with Crippen molar-refractivity contribution in [2.24, 2.45) is 5.92 Å². The predicted octanol–water partition coefficient (Wildman–Crippen LogP) is 4.32. The highest BCUT2D eigenvalue weighted by atomic mass is 32.2. The van der Waals surface area contributed by atoms with Crippen LogP contribution in [0.5, 0.6) is 11.6 Å². The Bertz CT molecular complexity index is 1640. The fourth-order valence-electron chi connectivity index (χ4n) is 4.78. The van der Waals surface area contributed by atoms with E-state index >= 15 is 4.39 Å². The molecule has 2 fully saturated rings. The van der Waals surface area contributed by atoms with E-state index in [0.29, 0.717) is 28.7 Å². The van der Waals surface area contributed by atoms with Crippen LogP contribution in [0.3, 0.4) is 0 Å².